The summed E-state index contributed by atoms with van der Waals surface area (Å²) >= 11 is 23.6. The van der Waals surface area contributed by atoms with E-state index in [4.69, 9.17) is 104 Å². The lowest BCUT2D eigenvalue weighted by molar-refractivity contribution is -0.353. The van der Waals surface area contributed by atoms with Crippen LogP contribution in [0.2, 0.25) is 0 Å². The van der Waals surface area contributed by atoms with E-state index in [1.807, 2.05) is 0 Å². The molecule has 61 heavy (non-hydrogen) atoms. The van der Waals surface area contributed by atoms with Gasteiger partial charge in [-0.1, -0.05) is 71.2 Å². The van der Waals surface area contributed by atoms with Crippen LogP contribution in [0.4, 0.5) is 0 Å². The molecule has 0 aliphatic carbocycles. The van der Waals surface area contributed by atoms with Gasteiger partial charge in [0.15, 0.2) is 36.8 Å². The van der Waals surface area contributed by atoms with E-state index in [0.29, 0.717) is 0 Å². The molecular weight excluding hydrogens is 900 g/mol. The van der Waals surface area contributed by atoms with Crippen molar-refractivity contribution in [3.8, 4) is 0 Å². The molecule has 0 unspecified atom stereocenters. The topological polar surface area (TPSA) is 245 Å². The highest BCUT2D eigenvalue weighted by Crippen LogP contribution is 2.38. The fraction of sp³-hybridized carbons (Fsp3) is 0.474. The first-order valence-corrected chi connectivity index (χ1v) is 19.6. The van der Waals surface area contributed by atoms with Crippen molar-refractivity contribution in [2.24, 2.45) is 0 Å². The number of hydrogen-bond acceptors (Lipinski definition) is 19. The zero-order valence-electron chi connectivity index (χ0n) is 32.5. The Morgan fingerprint density at radius 2 is 0.984 bits per heavy atom. The Kier molecular flexibility index (Phi) is 17.9. The molecule has 2 aromatic carbocycles. The number of rotatable bonds is 15. The van der Waals surface area contributed by atoms with Gasteiger partial charge in [-0.3, -0.25) is 29.4 Å². The SMILES string of the molecule is CC(=O)OC[C@H]1O[C@@H](O[C@@H]2[C@@H](OC(=O)c3ccccc3)[C@@H](OC(=N)C(Cl)(Cl)Cl)O[C@H](COC(C)=O)[C@H]2OC(C)=O)[C@H](OC(=O)c2ccccc2)[C@@H](OC(=O)CCl)[C@@H]1OC(C)=O. The monoisotopic (exact) mass is 937 g/mol. The normalized spacial score (nSPS) is 26.0. The predicted molar refractivity (Wildman–Crippen MR) is 208 cm³/mol. The van der Waals surface area contributed by atoms with Gasteiger partial charge in [-0.15, -0.1) is 11.6 Å². The van der Waals surface area contributed by atoms with Gasteiger partial charge in [0.1, 0.15) is 37.4 Å². The fourth-order valence-corrected chi connectivity index (χ4v) is 6.09. The Bertz CT molecular complexity index is 1900. The summed E-state index contributed by atoms with van der Waals surface area (Å²) in [5.41, 5.74) is -0.0711. The van der Waals surface area contributed by atoms with Crippen LogP contribution in [0.25, 0.3) is 0 Å². The molecule has 2 aliphatic heterocycles. The second-order valence-electron chi connectivity index (χ2n) is 12.9. The van der Waals surface area contributed by atoms with E-state index in [0.717, 1.165) is 27.7 Å². The van der Waals surface area contributed by atoms with Crippen molar-refractivity contribution in [3.05, 3.63) is 71.8 Å². The molecule has 10 atom stereocenters. The van der Waals surface area contributed by atoms with E-state index in [9.17, 15) is 33.6 Å². The molecular formula is C38H39Cl4NO18. The minimum atomic E-state index is -2.54. The maximum Gasteiger partial charge on any atom is 0.338 e. The highest BCUT2D eigenvalue weighted by atomic mass is 35.6. The number of ether oxygens (including phenoxy) is 11. The van der Waals surface area contributed by atoms with Gasteiger partial charge in [0.05, 0.1) is 11.1 Å². The molecule has 19 nitrogen and oxygen atoms in total. The van der Waals surface area contributed by atoms with Crippen molar-refractivity contribution >= 4 is 94.1 Å². The second kappa shape index (κ2) is 22.4. The van der Waals surface area contributed by atoms with Crippen molar-refractivity contribution in [3.63, 3.8) is 0 Å². The Balaban J connectivity index is 1.96. The van der Waals surface area contributed by atoms with Crippen LogP contribution in [0.15, 0.2) is 60.7 Å². The van der Waals surface area contributed by atoms with E-state index in [-0.39, 0.29) is 11.1 Å². The zero-order chi connectivity index (χ0) is 45.0. The molecule has 2 heterocycles. The number of nitrogens with one attached hydrogen (secondary N) is 1. The molecule has 0 radical (unpaired) electrons. The standard InChI is InChI=1S/C38H39Cl4NO18/c1-18(44)51-16-24-27(53-20(3)46)29(57-26(48)15-39)31(58-33(49)22-11-7-5-8-12-22)35(55-24)60-30-28(54-21(4)47)25(17-52-19(2)45)56-36(61-37(43)38(40,41)42)32(30)59-34(50)23-13-9-6-10-14-23/h5-14,24-25,27-32,35-36,43H,15-17H2,1-4H3/t24-,25-,27-,28-,29+,30+,31-,32-,35+,36-/m1/s1. The second-order valence-corrected chi connectivity index (χ2v) is 15.5. The van der Waals surface area contributed by atoms with E-state index < -0.39 is 132 Å². The highest BCUT2D eigenvalue weighted by molar-refractivity contribution is 6.76. The van der Waals surface area contributed by atoms with Gasteiger partial charge in [0.25, 0.3) is 3.79 Å². The Labute approximate surface area is 367 Å². The summed E-state index contributed by atoms with van der Waals surface area (Å²) < 4.78 is 60.6. The smallest absolute Gasteiger partial charge is 0.338 e. The number of carbonyl (C=O) groups excluding carboxylic acids is 7. The van der Waals surface area contributed by atoms with E-state index in [2.05, 4.69) is 0 Å². The molecule has 0 saturated carbocycles. The van der Waals surface area contributed by atoms with Crippen LogP contribution < -0.4 is 0 Å². The molecule has 0 spiro atoms. The van der Waals surface area contributed by atoms with Crippen LogP contribution in [-0.4, -0.2) is 132 Å². The van der Waals surface area contributed by atoms with Gasteiger partial charge in [-0.05, 0) is 24.3 Å². The first-order chi connectivity index (χ1) is 28.8. The third-order valence-corrected chi connectivity index (χ3v) is 9.09. The molecule has 0 bridgehead atoms. The van der Waals surface area contributed by atoms with Gasteiger partial charge in [-0.2, -0.15) is 0 Å². The molecule has 1 N–H and O–H groups in total. The summed E-state index contributed by atoms with van der Waals surface area (Å²) in [6, 6.07) is 14.8. The number of alkyl halides is 4. The zero-order valence-corrected chi connectivity index (χ0v) is 35.6. The van der Waals surface area contributed by atoms with Crippen LogP contribution in [0, 0.1) is 5.41 Å². The fourth-order valence-electron chi connectivity index (χ4n) is 5.89. The predicted octanol–water partition coefficient (Wildman–Crippen LogP) is 3.78. The van der Waals surface area contributed by atoms with Crippen molar-refractivity contribution in [1.29, 1.82) is 5.41 Å². The molecule has 2 aliphatic rings. The molecule has 332 valence electrons. The summed E-state index contributed by atoms with van der Waals surface area (Å²) in [4.78, 5) is 89.8. The van der Waals surface area contributed by atoms with E-state index in [1.54, 1.807) is 12.1 Å². The van der Waals surface area contributed by atoms with Gasteiger partial charge in [-0.25, -0.2) is 9.59 Å². The minimum Gasteiger partial charge on any atom is -0.463 e. The number of carbonyl (C=O) groups is 7. The third-order valence-electron chi connectivity index (χ3n) is 8.35. The molecule has 23 heteroatoms. The summed E-state index contributed by atoms with van der Waals surface area (Å²) in [5, 5.41) is 8.34. The first-order valence-electron chi connectivity index (χ1n) is 18.0. The first kappa shape index (κ1) is 48.9. The summed E-state index contributed by atoms with van der Waals surface area (Å²) in [7, 11) is 0. The average molecular weight is 940 g/mol. The lowest BCUT2D eigenvalue weighted by Crippen LogP contribution is -2.67. The Morgan fingerprint density at radius 3 is 1.39 bits per heavy atom. The number of hydrogen-bond donors (Lipinski definition) is 1. The lowest BCUT2D eigenvalue weighted by Gasteiger charge is -2.48. The van der Waals surface area contributed by atoms with Crippen LogP contribution in [0.3, 0.4) is 0 Å². The number of benzene rings is 2. The van der Waals surface area contributed by atoms with Crippen LogP contribution in [-0.2, 0) is 76.1 Å². The van der Waals surface area contributed by atoms with E-state index >= 15 is 0 Å². The third kappa shape index (κ3) is 14.1. The average Bonchev–Trinajstić information content (AvgIpc) is 3.20. The van der Waals surface area contributed by atoms with Gasteiger partial charge < -0.3 is 52.1 Å². The number of esters is 7. The molecule has 2 fully saturated rings. The maximum absolute atomic E-state index is 13.8. The largest absolute Gasteiger partial charge is 0.463 e. The van der Waals surface area contributed by atoms with Crippen molar-refractivity contribution < 1.29 is 85.7 Å². The quantitative estimate of drug-likeness (QED) is 0.0878. The van der Waals surface area contributed by atoms with Crippen molar-refractivity contribution in [1.82, 2.24) is 0 Å². The van der Waals surface area contributed by atoms with Crippen molar-refractivity contribution in [2.45, 2.75) is 92.9 Å². The molecule has 2 saturated heterocycles. The van der Waals surface area contributed by atoms with Gasteiger partial charge in [0, 0.05) is 27.7 Å². The van der Waals surface area contributed by atoms with Crippen LogP contribution >= 0.6 is 46.4 Å². The summed E-state index contributed by atoms with van der Waals surface area (Å²) in [5.74, 6) is -8.66. The highest BCUT2D eigenvalue weighted by Gasteiger charge is 2.59. The van der Waals surface area contributed by atoms with Gasteiger partial charge in [0.2, 0.25) is 12.2 Å². The molecule has 4 rings (SSSR count). The maximum atomic E-state index is 13.8. The van der Waals surface area contributed by atoms with Crippen LogP contribution in [0.1, 0.15) is 48.4 Å². The Morgan fingerprint density at radius 1 is 0.557 bits per heavy atom. The minimum absolute atomic E-state index is 0.0339. The molecule has 0 amide bonds. The van der Waals surface area contributed by atoms with E-state index in [1.165, 1.54) is 48.5 Å². The molecule has 2 aromatic rings. The van der Waals surface area contributed by atoms with Crippen LogP contribution in [0.5, 0.6) is 0 Å². The summed E-state index contributed by atoms with van der Waals surface area (Å²) in [6.07, 6.45) is -18.5. The lowest BCUT2D eigenvalue weighted by atomic mass is 9.95. The number of halogens is 4. The molecule has 0 aromatic heterocycles. The van der Waals surface area contributed by atoms with Crippen molar-refractivity contribution in [2.75, 3.05) is 19.1 Å². The summed E-state index contributed by atoms with van der Waals surface area (Å²) in [6.45, 7) is 2.71. The Hall–Kier alpha value is -4.76. The van der Waals surface area contributed by atoms with Gasteiger partial charge >= 0.3 is 41.8 Å².